The van der Waals surface area contributed by atoms with Crippen LogP contribution in [0.25, 0.3) is 10.9 Å². The lowest BCUT2D eigenvalue weighted by molar-refractivity contribution is -0.158. The molecule has 2 heterocycles. The van der Waals surface area contributed by atoms with Crippen LogP contribution in [0.1, 0.15) is 26.2 Å². The van der Waals surface area contributed by atoms with Crippen LogP contribution in [0.4, 0.5) is 5.82 Å². The molecule has 0 bridgehead atoms. The van der Waals surface area contributed by atoms with Crippen molar-refractivity contribution in [2.75, 3.05) is 18.0 Å². The lowest BCUT2D eigenvalue weighted by Crippen LogP contribution is -2.56. The maximum atomic E-state index is 11.9. The summed E-state index contributed by atoms with van der Waals surface area (Å²) < 4.78 is 0. The molecule has 1 fully saturated rings. The number of anilines is 1. The molecular formula is C18H21ClN2O3. The number of benzene rings is 1. The van der Waals surface area contributed by atoms with Crippen LogP contribution in [0.3, 0.4) is 0 Å². The average molecular weight is 349 g/mol. The first-order valence-electron chi connectivity index (χ1n) is 8.19. The lowest BCUT2D eigenvalue weighted by atomic mass is 9.74. The van der Waals surface area contributed by atoms with Crippen LogP contribution in [0.5, 0.6) is 0 Å². The summed E-state index contributed by atoms with van der Waals surface area (Å²) in [7, 11) is 0. The largest absolute Gasteiger partial charge is 0.481 e. The van der Waals surface area contributed by atoms with Gasteiger partial charge in [-0.1, -0.05) is 24.9 Å². The molecule has 1 saturated heterocycles. The van der Waals surface area contributed by atoms with E-state index in [0.29, 0.717) is 30.8 Å². The third kappa shape index (κ3) is 2.94. The first-order chi connectivity index (χ1) is 11.5. The van der Waals surface area contributed by atoms with Gasteiger partial charge in [0.2, 0.25) is 0 Å². The Morgan fingerprint density at radius 3 is 2.92 bits per heavy atom. The van der Waals surface area contributed by atoms with Gasteiger partial charge in [0.05, 0.1) is 11.6 Å². The minimum atomic E-state index is -1.14. The first-order valence-corrected chi connectivity index (χ1v) is 8.57. The van der Waals surface area contributed by atoms with Crippen molar-refractivity contribution in [1.29, 1.82) is 0 Å². The van der Waals surface area contributed by atoms with Crippen LogP contribution in [-0.2, 0) is 4.79 Å². The molecule has 6 heteroatoms. The lowest BCUT2D eigenvalue weighted by Gasteiger charge is -2.43. The highest BCUT2D eigenvalue weighted by Gasteiger charge is 2.48. The van der Waals surface area contributed by atoms with Gasteiger partial charge in [0, 0.05) is 23.5 Å². The summed E-state index contributed by atoms with van der Waals surface area (Å²) >= 11 is 6.00. The van der Waals surface area contributed by atoms with Crippen LogP contribution in [0.15, 0.2) is 30.3 Å². The molecule has 24 heavy (non-hydrogen) atoms. The molecule has 0 radical (unpaired) electrons. The van der Waals surface area contributed by atoms with Crippen molar-refractivity contribution < 1.29 is 15.0 Å². The molecule has 1 aromatic heterocycles. The Morgan fingerprint density at radius 2 is 2.21 bits per heavy atom. The highest BCUT2D eigenvalue weighted by atomic mass is 35.5. The van der Waals surface area contributed by atoms with Crippen LogP contribution < -0.4 is 4.90 Å². The Labute approximate surface area is 145 Å². The fourth-order valence-corrected chi connectivity index (χ4v) is 3.73. The van der Waals surface area contributed by atoms with Crippen LogP contribution in [0, 0.1) is 5.41 Å². The zero-order valence-electron chi connectivity index (χ0n) is 13.6. The Kier molecular flexibility index (Phi) is 4.65. The normalized spacial score (nSPS) is 24.3. The number of rotatable bonds is 4. The van der Waals surface area contributed by atoms with E-state index in [9.17, 15) is 15.0 Å². The van der Waals surface area contributed by atoms with Gasteiger partial charge in [-0.3, -0.25) is 4.79 Å². The third-order valence-corrected chi connectivity index (χ3v) is 5.10. The smallest absolute Gasteiger partial charge is 0.314 e. The molecule has 128 valence electrons. The number of hydrogen-bond acceptors (Lipinski definition) is 4. The van der Waals surface area contributed by atoms with E-state index >= 15 is 0 Å². The van der Waals surface area contributed by atoms with Crippen LogP contribution in [0.2, 0.25) is 5.02 Å². The molecule has 0 saturated carbocycles. The van der Waals surface area contributed by atoms with Gasteiger partial charge in [-0.25, -0.2) is 4.98 Å². The summed E-state index contributed by atoms with van der Waals surface area (Å²) in [6.45, 7) is 2.80. The van der Waals surface area contributed by atoms with Crippen molar-refractivity contribution in [3.63, 3.8) is 0 Å². The number of aromatic nitrogens is 1. The summed E-state index contributed by atoms with van der Waals surface area (Å²) in [6, 6.07) is 9.33. The number of carbonyl (C=O) groups is 1. The second-order valence-electron chi connectivity index (χ2n) is 6.44. The van der Waals surface area contributed by atoms with E-state index in [1.54, 1.807) is 6.07 Å². The van der Waals surface area contributed by atoms with E-state index in [2.05, 4.69) is 4.98 Å². The van der Waals surface area contributed by atoms with E-state index in [1.165, 1.54) is 0 Å². The highest BCUT2D eigenvalue weighted by molar-refractivity contribution is 6.31. The third-order valence-electron chi connectivity index (χ3n) is 4.87. The summed E-state index contributed by atoms with van der Waals surface area (Å²) in [4.78, 5) is 18.5. The van der Waals surface area contributed by atoms with Crippen LogP contribution in [-0.4, -0.2) is 40.4 Å². The maximum Gasteiger partial charge on any atom is 0.314 e. The summed E-state index contributed by atoms with van der Waals surface area (Å²) in [5.41, 5.74) is -0.316. The van der Waals surface area contributed by atoms with E-state index in [-0.39, 0.29) is 6.54 Å². The zero-order chi connectivity index (χ0) is 17.3. The Morgan fingerprint density at radius 1 is 1.42 bits per heavy atom. The molecule has 0 spiro atoms. The monoisotopic (exact) mass is 348 g/mol. The van der Waals surface area contributed by atoms with Crippen molar-refractivity contribution in [2.45, 2.75) is 32.3 Å². The van der Waals surface area contributed by atoms with Gasteiger partial charge in [-0.15, -0.1) is 0 Å². The van der Waals surface area contributed by atoms with Gasteiger partial charge in [0.1, 0.15) is 11.2 Å². The van der Waals surface area contributed by atoms with Gasteiger partial charge in [0.25, 0.3) is 0 Å². The second kappa shape index (κ2) is 6.57. The number of aliphatic hydroxyl groups is 1. The molecule has 2 N–H and O–H groups in total. The van der Waals surface area contributed by atoms with Crippen molar-refractivity contribution in [3.05, 3.63) is 35.4 Å². The number of nitrogens with zero attached hydrogens (tertiary/aromatic N) is 2. The molecule has 1 aliphatic heterocycles. The second-order valence-corrected chi connectivity index (χ2v) is 6.88. The minimum absolute atomic E-state index is 0.267. The molecule has 5 nitrogen and oxygen atoms in total. The molecule has 1 aliphatic rings. The average Bonchev–Trinajstić information content (AvgIpc) is 2.56. The Bertz CT molecular complexity index is 767. The highest BCUT2D eigenvalue weighted by Crippen LogP contribution is 2.37. The molecule has 2 atom stereocenters. The van der Waals surface area contributed by atoms with Gasteiger partial charge < -0.3 is 15.1 Å². The summed E-state index contributed by atoms with van der Waals surface area (Å²) in [6.07, 6.45) is 0.752. The number of piperidine rings is 1. The van der Waals surface area contributed by atoms with Crippen molar-refractivity contribution in [2.24, 2.45) is 5.41 Å². The Hall–Kier alpha value is -1.85. The molecule has 0 amide bonds. The Balaban J connectivity index is 1.94. The standard InChI is InChI=1S/C18H21ClN2O3/c1-2-8-18(17(23)24)11-21(9-7-15(18)22)16-6-3-12-10-13(19)4-5-14(12)20-16/h3-6,10,15,22H,2,7-9,11H2,1H3,(H,23,24)/t15-,18+/m1/s1. The number of aliphatic carboxylic acids is 1. The van der Waals surface area contributed by atoms with Crippen LogP contribution >= 0.6 is 11.6 Å². The quantitative estimate of drug-likeness (QED) is 0.886. The first kappa shape index (κ1) is 17.0. The number of hydrogen-bond donors (Lipinski definition) is 2. The summed E-state index contributed by atoms with van der Waals surface area (Å²) in [5.74, 6) is -0.201. The van der Waals surface area contributed by atoms with Gasteiger partial charge in [-0.05, 0) is 43.2 Å². The fourth-order valence-electron chi connectivity index (χ4n) is 3.55. The SMILES string of the molecule is CCC[C@]1(C(=O)O)CN(c2ccc3cc(Cl)ccc3n2)CC[C@H]1O. The summed E-state index contributed by atoms with van der Waals surface area (Å²) in [5, 5.41) is 21.7. The predicted molar refractivity (Wildman–Crippen MR) is 94.6 cm³/mol. The number of carboxylic acids is 1. The van der Waals surface area contributed by atoms with Crippen molar-refractivity contribution >= 4 is 34.3 Å². The minimum Gasteiger partial charge on any atom is -0.481 e. The molecular weight excluding hydrogens is 328 g/mol. The van der Waals surface area contributed by atoms with Crippen molar-refractivity contribution in [1.82, 2.24) is 4.98 Å². The van der Waals surface area contributed by atoms with Gasteiger partial charge in [0.15, 0.2) is 0 Å². The number of carboxylic acid groups (broad SMARTS) is 1. The van der Waals surface area contributed by atoms with E-state index in [0.717, 1.165) is 16.7 Å². The molecule has 3 rings (SSSR count). The number of halogens is 1. The number of aliphatic hydroxyl groups excluding tert-OH is 1. The molecule has 2 aromatic rings. The predicted octanol–water partition coefficient (Wildman–Crippen LogP) is 3.33. The number of fused-ring (bicyclic) bond motifs is 1. The van der Waals surface area contributed by atoms with E-state index < -0.39 is 17.5 Å². The van der Waals surface area contributed by atoms with Crippen molar-refractivity contribution in [3.8, 4) is 0 Å². The molecule has 0 aliphatic carbocycles. The van der Waals surface area contributed by atoms with E-state index in [1.807, 2.05) is 36.1 Å². The van der Waals surface area contributed by atoms with E-state index in [4.69, 9.17) is 11.6 Å². The topological polar surface area (TPSA) is 73.7 Å². The molecule has 1 aromatic carbocycles. The fraction of sp³-hybridized carbons (Fsp3) is 0.444. The maximum absolute atomic E-state index is 11.9. The number of pyridine rings is 1. The van der Waals surface area contributed by atoms with Gasteiger partial charge in [-0.2, -0.15) is 0 Å². The molecule has 0 unspecified atom stereocenters. The zero-order valence-corrected chi connectivity index (χ0v) is 14.3. The van der Waals surface area contributed by atoms with Gasteiger partial charge >= 0.3 is 5.97 Å².